The number of nitrogens with zero attached hydrogens (tertiary/aromatic N) is 3. The number of thiazole rings is 1. The molecule has 0 bridgehead atoms. The van der Waals surface area contributed by atoms with Crippen molar-refractivity contribution >= 4 is 39.6 Å². The molecule has 0 unspecified atom stereocenters. The van der Waals surface area contributed by atoms with Gasteiger partial charge in [0.05, 0.1) is 24.9 Å². The molecule has 0 amide bonds. The van der Waals surface area contributed by atoms with Crippen molar-refractivity contribution in [2.45, 2.75) is 13.3 Å². The van der Waals surface area contributed by atoms with E-state index in [0.29, 0.717) is 28.5 Å². The number of pyridine rings is 1. The number of rotatable bonds is 6. The van der Waals surface area contributed by atoms with Gasteiger partial charge in [-0.3, -0.25) is 15.2 Å². The van der Waals surface area contributed by atoms with Crippen LogP contribution in [0.4, 0.5) is 5.13 Å². The molecule has 8 heteroatoms. The van der Waals surface area contributed by atoms with Gasteiger partial charge >= 0.3 is 5.97 Å². The summed E-state index contributed by atoms with van der Waals surface area (Å²) < 4.78 is 4.88. The number of hydrogen-bond donors (Lipinski definition) is 2. The number of hydrazone groups is 1. The maximum absolute atomic E-state index is 11.4. The molecule has 2 N–H and O–H groups in total. The van der Waals surface area contributed by atoms with Crippen molar-refractivity contribution in [1.29, 1.82) is 0 Å². The van der Waals surface area contributed by atoms with Crippen LogP contribution in [0.3, 0.4) is 0 Å². The summed E-state index contributed by atoms with van der Waals surface area (Å²) in [6.07, 6.45) is 3.25. The van der Waals surface area contributed by atoms with E-state index >= 15 is 0 Å². The first kappa shape index (κ1) is 16.8. The number of benzene rings is 1. The molecule has 7 nitrogen and oxygen atoms in total. The van der Waals surface area contributed by atoms with Crippen molar-refractivity contribution in [2.75, 3.05) is 12.0 Å². The van der Waals surface area contributed by atoms with Crippen LogP contribution in [0.2, 0.25) is 0 Å². The van der Waals surface area contributed by atoms with E-state index in [1.807, 2.05) is 18.2 Å². The van der Waals surface area contributed by atoms with Gasteiger partial charge in [0, 0.05) is 22.5 Å². The molecule has 0 aliphatic heterocycles. The molecular weight excluding hydrogens is 340 g/mol. The smallest absolute Gasteiger partial charge is 0.311 e. The quantitative estimate of drug-likeness (QED) is 0.400. The number of phenolic OH excluding ortho intramolecular Hbond substituents is 1. The lowest BCUT2D eigenvalue weighted by Gasteiger charge is -2.03. The van der Waals surface area contributed by atoms with Gasteiger partial charge in [-0.2, -0.15) is 5.10 Å². The van der Waals surface area contributed by atoms with Crippen LogP contribution in [-0.2, 0) is 16.0 Å². The highest BCUT2D eigenvalue weighted by atomic mass is 32.1. The SMILES string of the molecule is CCOC(=O)Cc1csc(NN=Cc2ccc3cccnc3c2O)n1. The zero-order chi connectivity index (χ0) is 17.6. The van der Waals surface area contributed by atoms with Gasteiger partial charge in [0.15, 0.2) is 5.75 Å². The Balaban J connectivity index is 1.67. The summed E-state index contributed by atoms with van der Waals surface area (Å²) in [5.74, 6) is -0.234. The van der Waals surface area contributed by atoms with E-state index in [4.69, 9.17) is 4.74 Å². The number of phenols is 1. The Bertz CT molecular complexity index is 923. The fourth-order valence-corrected chi connectivity index (χ4v) is 2.87. The molecule has 0 radical (unpaired) electrons. The minimum Gasteiger partial charge on any atom is -0.505 e. The number of aromatic hydroxyl groups is 1. The molecule has 0 atom stereocenters. The summed E-state index contributed by atoms with van der Waals surface area (Å²) in [4.78, 5) is 19.8. The highest BCUT2D eigenvalue weighted by molar-refractivity contribution is 7.13. The fourth-order valence-electron chi connectivity index (χ4n) is 2.21. The van der Waals surface area contributed by atoms with Gasteiger partial charge < -0.3 is 9.84 Å². The maximum Gasteiger partial charge on any atom is 0.311 e. The molecule has 2 heterocycles. The third-order valence-electron chi connectivity index (χ3n) is 3.33. The Kier molecular flexibility index (Phi) is 5.20. The molecule has 3 aromatic rings. The number of fused-ring (bicyclic) bond motifs is 1. The van der Waals surface area contributed by atoms with E-state index in [9.17, 15) is 9.90 Å². The number of esters is 1. The van der Waals surface area contributed by atoms with Crippen LogP contribution >= 0.6 is 11.3 Å². The van der Waals surface area contributed by atoms with Gasteiger partial charge in [-0.05, 0) is 19.1 Å². The molecule has 0 spiro atoms. The van der Waals surface area contributed by atoms with Gasteiger partial charge in [-0.1, -0.05) is 12.1 Å². The normalized spacial score (nSPS) is 11.1. The molecule has 0 saturated heterocycles. The number of anilines is 1. The highest BCUT2D eigenvalue weighted by Gasteiger charge is 2.08. The minimum absolute atomic E-state index is 0.0748. The van der Waals surface area contributed by atoms with Crippen LogP contribution < -0.4 is 5.43 Å². The van der Waals surface area contributed by atoms with E-state index in [1.165, 1.54) is 17.6 Å². The van der Waals surface area contributed by atoms with Crippen molar-refractivity contribution in [3.63, 3.8) is 0 Å². The van der Waals surface area contributed by atoms with Crippen LogP contribution in [0.5, 0.6) is 5.75 Å². The van der Waals surface area contributed by atoms with Crippen molar-refractivity contribution in [3.05, 3.63) is 47.1 Å². The second-order valence-corrected chi connectivity index (χ2v) is 5.93. The lowest BCUT2D eigenvalue weighted by molar-refractivity contribution is -0.142. The Morgan fingerprint density at radius 1 is 1.44 bits per heavy atom. The standard InChI is InChI=1S/C17H16N4O3S/c1-2-24-14(22)8-13-10-25-17(20-13)21-19-9-12-6-5-11-4-3-7-18-15(11)16(12)23/h3-7,9-10,23H,2,8H2,1H3,(H,20,21). The number of carbonyl (C=O) groups is 1. The number of hydrogen-bond acceptors (Lipinski definition) is 8. The van der Waals surface area contributed by atoms with Crippen molar-refractivity contribution in [1.82, 2.24) is 9.97 Å². The van der Waals surface area contributed by atoms with Crippen LogP contribution in [0.15, 0.2) is 40.9 Å². The summed E-state index contributed by atoms with van der Waals surface area (Å²) >= 11 is 1.33. The van der Waals surface area contributed by atoms with Crippen molar-refractivity contribution < 1.29 is 14.6 Å². The highest BCUT2D eigenvalue weighted by Crippen LogP contribution is 2.25. The second-order valence-electron chi connectivity index (χ2n) is 5.07. The number of ether oxygens (including phenoxy) is 1. The van der Waals surface area contributed by atoms with Gasteiger partial charge in [0.1, 0.15) is 5.52 Å². The summed E-state index contributed by atoms with van der Waals surface area (Å²) in [5, 5.41) is 17.5. The van der Waals surface area contributed by atoms with Crippen molar-refractivity contribution in [2.24, 2.45) is 5.10 Å². The number of aromatic nitrogens is 2. The van der Waals surface area contributed by atoms with E-state index in [2.05, 4.69) is 20.5 Å². The van der Waals surface area contributed by atoms with E-state index < -0.39 is 0 Å². The van der Waals surface area contributed by atoms with E-state index in [-0.39, 0.29) is 18.1 Å². The topological polar surface area (TPSA) is 96.7 Å². The Hall–Kier alpha value is -3.00. The predicted molar refractivity (Wildman–Crippen MR) is 97.1 cm³/mol. The lowest BCUT2D eigenvalue weighted by Crippen LogP contribution is -2.07. The van der Waals surface area contributed by atoms with Gasteiger partial charge in [-0.15, -0.1) is 11.3 Å². The first-order valence-electron chi connectivity index (χ1n) is 7.63. The third-order valence-corrected chi connectivity index (χ3v) is 4.12. The molecule has 2 aromatic heterocycles. The van der Waals surface area contributed by atoms with Gasteiger partial charge in [0.2, 0.25) is 5.13 Å². The number of nitrogens with one attached hydrogen (secondary N) is 1. The Morgan fingerprint density at radius 2 is 2.32 bits per heavy atom. The predicted octanol–water partition coefficient (Wildman–Crippen LogP) is 2.95. The van der Waals surface area contributed by atoms with Crippen LogP contribution in [0.25, 0.3) is 10.9 Å². The fraction of sp³-hybridized carbons (Fsp3) is 0.176. The summed E-state index contributed by atoms with van der Waals surface area (Å²) in [5.41, 5.74) is 4.48. The first-order valence-corrected chi connectivity index (χ1v) is 8.51. The summed E-state index contributed by atoms with van der Waals surface area (Å²) in [7, 11) is 0. The monoisotopic (exact) mass is 356 g/mol. The zero-order valence-corrected chi connectivity index (χ0v) is 14.3. The Labute approximate surface area is 148 Å². The van der Waals surface area contributed by atoms with Crippen LogP contribution in [0.1, 0.15) is 18.2 Å². The van der Waals surface area contributed by atoms with Crippen LogP contribution in [0, 0.1) is 0 Å². The summed E-state index contributed by atoms with van der Waals surface area (Å²) in [6.45, 7) is 2.11. The molecule has 0 aliphatic rings. The minimum atomic E-state index is -0.309. The van der Waals surface area contributed by atoms with E-state index in [1.54, 1.807) is 24.6 Å². The average molecular weight is 356 g/mol. The molecule has 128 valence electrons. The molecule has 3 rings (SSSR count). The zero-order valence-electron chi connectivity index (χ0n) is 13.5. The number of carbonyl (C=O) groups excluding carboxylic acids is 1. The van der Waals surface area contributed by atoms with Gasteiger partial charge in [0.25, 0.3) is 0 Å². The lowest BCUT2D eigenvalue weighted by atomic mass is 10.1. The summed E-state index contributed by atoms with van der Waals surface area (Å²) in [6, 6.07) is 7.32. The molecule has 0 saturated carbocycles. The largest absolute Gasteiger partial charge is 0.505 e. The molecule has 0 fully saturated rings. The van der Waals surface area contributed by atoms with Crippen LogP contribution in [-0.4, -0.2) is 33.9 Å². The molecule has 1 aromatic carbocycles. The maximum atomic E-state index is 11.4. The molecule has 25 heavy (non-hydrogen) atoms. The van der Waals surface area contributed by atoms with Gasteiger partial charge in [-0.25, -0.2) is 4.98 Å². The van der Waals surface area contributed by atoms with E-state index in [0.717, 1.165) is 5.39 Å². The van der Waals surface area contributed by atoms with Crippen molar-refractivity contribution in [3.8, 4) is 5.75 Å². The molecule has 0 aliphatic carbocycles. The first-order chi connectivity index (χ1) is 12.2. The average Bonchev–Trinajstić information content (AvgIpc) is 3.04. The molecular formula is C17H16N4O3S. The second kappa shape index (κ2) is 7.71. The Morgan fingerprint density at radius 3 is 3.16 bits per heavy atom. The third kappa shape index (κ3) is 4.10.